The molecule has 0 N–H and O–H groups in total. The van der Waals surface area contributed by atoms with Crippen LogP contribution >= 0.6 is 11.6 Å². The average molecular weight is 327 g/mol. The van der Waals surface area contributed by atoms with E-state index in [4.69, 9.17) is 16.3 Å². The first kappa shape index (κ1) is 14.8. The number of fused-ring (bicyclic) bond motifs is 1. The molecule has 2 aromatic rings. The van der Waals surface area contributed by atoms with Crippen molar-refractivity contribution < 1.29 is 18.7 Å². The van der Waals surface area contributed by atoms with Gasteiger partial charge in [-0.05, 0) is 25.8 Å². The van der Waals surface area contributed by atoms with Gasteiger partial charge in [-0.15, -0.1) is 0 Å². The minimum Gasteiger partial charge on any atom is -0.434 e. The molecule has 1 aliphatic carbocycles. The molecular weight excluding hydrogens is 315 g/mol. The first-order valence-corrected chi connectivity index (χ1v) is 7.14. The van der Waals surface area contributed by atoms with Crippen molar-refractivity contribution in [2.75, 3.05) is 6.61 Å². The van der Waals surface area contributed by atoms with E-state index >= 15 is 0 Å². The smallest absolute Gasteiger partial charge is 0.434 e. The molecule has 8 heteroatoms. The standard InChI is InChI=1S/C14H12ClFN2O4/c1-2-21-14(20)22-10-6-18(7-3-4-7)13-8(11(10)19)5-9(16)12(15)17-13/h5-7H,2-4H2,1H3. The third-order valence-corrected chi connectivity index (χ3v) is 3.54. The summed E-state index contributed by atoms with van der Waals surface area (Å²) in [7, 11) is 0. The maximum Gasteiger partial charge on any atom is 0.514 e. The number of hydrogen-bond donors (Lipinski definition) is 0. The van der Waals surface area contributed by atoms with E-state index < -0.39 is 17.4 Å². The van der Waals surface area contributed by atoms with Crippen LogP contribution in [0.3, 0.4) is 0 Å². The molecule has 0 spiro atoms. The molecular formula is C14H12ClFN2O4. The lowest BCUT2D eigenvalue weighted by Gasteiger charge is -2.12. The van der Waals surface area contributed by atoms with Crippen LogP contribution in [0, 0.1) is 5.82 Å². The number of carbonyl (C=O) groups excluding carboxylic acids is 1. The van der Waals surface area contributed by atoms with Crippen molar-refractivity contribution in [3.63, 3.8) is 0 Å². The summed E-state index contributed by atoms with van der Waals surface area (Å²) < 4.78 is 24.9. The van der Waals surface area contributed by atoms with E-state index in [1.165, 1.54) is 6.20 Å². The molecule has 0 amide bonds. The van der Waals surface area contributed by atoms with Crippen molar-refractivity contribution in [3.8, 4) is 5.75 Å². The Kier molecular flexibility index (Phi) is 3.74. The van der Waals surface area contributed by atoms with Gasteiger partial charge in [-0.1, -0.05) is 11.6 Å². The minimum absolute atomic E-state index is 0.00981. The Morgan fingerprint density at radius 1 is 1.55 bits per heavy atom. The van der Waals surface area contributed by atoms with Gasteiger partial charge in [-0.2, -0.15) is 0 Å². The van der Waals surface area contributed by atoms with Crippen LogP contribution in [-0.4, -0.2) is 22.3 Å². The Balaban J connectivity index is 2.18. The maximum atomic E-state index is 13.6. The van der Waals surface area contributed by atoms with Crippen LogP contribution in [0.1, 0.15) is 25.8 Å². The average Bonchev–Trinajstić information content (AvgIpc) is 3.29. The third kappa shape index (κ3) is 2.64. The van der Waals surface area contributed by atoms with E-state index in [0.29, 0.717) is 0 Å². The number of ether oxygens (including phenoxy) is 2. The number of aromatic nitrogens is 2. The van der Waals surface area contributed by atoms with Gasteiger partial charge in [0.1, 0.15) is 5.65 Å². The van der Waals surface area contributed by atoms with Gasteiger partial charge in [0, 0.05) is 6.04 Å². The molecule has 0 bridgehead atoms. The zero-order chi connectivity index (χ0) is 15.9. The highest BCUT2D eigenvalue weighted by molar-refractivity contribution is 6.29. The van der Waals surface area contributed by atoms with Crippen LogP contribution in [0.2, 0.25) is 5.15 Å². The van der Waals surface area contributed by atoms with Crippen LogP contribution in [0.4, 0.5) is 9.18 Å². The Labute approximate surface area is 129 Å². The SMILES string of the molecule is CCOC(=O)Oc1cn(C2CC2)c2nc(Cl)c(F)cc2c1=O. The highest BCUT2D eigenvalue weighted by Gasteiger charge is 2.27. The summed E-state index contributed by atoms with van der Waals surface area (Å²) in [5.74, 6) is -1.02. The summed E-state index contributed by atoms with van der Waals surface area (Å²) in [5.41, 5.74) is -0.363. The lowest BCUT2D eigenvalue weighted by Crippen LogP contribution is -2.19. The van der Waals surface area contributed by atoms with Crippen LogP contribution < -0.4 is 10.2 Å². The predicted molar refractivity (Wildman–Crippen MR) is 76.9 cm³/mol. The molecule has 3 rings (SSSR count). The number of pyridine rings is 2. The molecule has 2 aromatic heterocycles. The summed E-state index contributed by atoms with van der Waals surface area (Å²) in [6, 6.07) is 1.13. The Hall–Kier alpha value is -2.15. The van der Waals surface area contributed by atoms with E-state index in [2.05, 4.69) is 9.72 Å². The molecule has 0 radical (unpaired) electrons. The Bertz CT molecular complexity index is 817. The molecule has 6 nitrogen and oxygen atoms in total. The second-order valence-electron chi connectivity index (χ2n) is 4.88. The molecule has 116 valence electrons. The maximum absolute atomic E-state index is 13.6. The zero-order valence-electron chi connectivity index (χ0n) is 11.6. The summed E-state index contributed by atoms with van der Waals surface area (Å²) in [4.78, 5) is 27.7. The molecule has 1 saturated carbocycles. The van der Waals surface area contributed by atoms with Crippen LogP contribution in [0.25, 0.3) is 11.0 Å². The van der Waals surface area contributed by atoms with E-state index in [-0.39, 0.29) is 34.6 Å². The summed E-state index contributed by atoms with van der Waals surface area (Å²) in [6.45, 7) is 1.74. The van der Waals surface area contributed by atoms with Crippen LogP contribution in [0.15, 0.2) is 17.1 Å². The van der Waals surface area contributed by atoms with Crippen molar-refractivity contribution in [3.05, 3.63) is 33.5 Å². The third-order valence-electron chi connectivity index (χ3n) is 3.28. The second kappa shape index (κ2) is 5.57. The molecule has 2 heterocycles. The fourth-order valence-electron chi connectivity index (χ4n) is 2.14. The van der Waals surface area contributed by atoms with Crippen molar-refractivity contribution in [1.29, 1.82) is 0 Å². The van der Waals surface area contributed by atoms with Gasteiger partial charge >= 0.3 is 6.16 Å². The molecule has 0 aromatic carbocycles. The fourth-order valence-corrected chi connectivity index (χ4v) is 2.28. The highest BCUT2D eigenvalue weighted by atomic mass is 35.5. The summed E-state index contributed by atoms with van der Waals surface area (Å²) >= 11 is 5.70. The molecule has 22 heavy (non-hydrogen) atoms. The van der Waals surface area contributed by atoms with E-state index in [9.17, 15) is 14.0 Å². The van der Waals surface area contributed by atoms with Gasteiger partial charge in [-0.3, -0.25) is 4.79 Å². The molecule has 0 atom stereocenters. The molecule has 0 aliphatic heterocycles. The summed E-state index contributed by atoms with van der Waals surface area (Å²) in [6.07, 6.45) is 2.20. The van der Waals surface area contributed by atoms with Gasteiger partial charge in [0.2, 0.25) is 5.43 Å². The van der Waals surface area contributed by atoms with Gasteiger partial charge in [0.15, 0.2) is 16.7 Å². The molecule has 1 aliphatic rings. The monoisotopic (exact) mass is 326 g/mol. The zero-order valence-corrected chi connectivity index (χ0v) is 12.4. The molecule has 0 unspecified atom stereocenters. The Morgan fingerprint density at radius 3 is 2.91 bits per heavy atom. The topological polar surface area (TPSA) is 70.4 Å². The lowest BCUT2D eigenvalue weighted by atomic mass is 10.2. The number of halogens is 2. The predicted octanol–water partition coefficient (Wildman–Crippen LogP) is 3.06. The Morgan fingerprint density at radius 2 is 2.27 bits per heavy atom. The fraction of sp³-hybridized carbons (Fsp3) is 0.357. The largest absolute Gasteiger partial charge is 0.514 e. The first-order chi connectivity index (χ1) is 10.5. The van der Waals surface area contributed by atoms with Crippen molar-refractivity contribution in [2.24, 2.45) is 0 Å². The van der Waals surface area contributed by atoms with Crippen molar-refractivity contribution >= 4 is 28.8 Å². The normalized spacial score (nSPS) is 14.1. The van der Waals surface area contributed by atoms with E-state index in [0.717, 1.165) is 18.9 Å². The second-order valence-corrected chi connectivity index (χ2v) is 5.24. The lowest BCUT2D eigenvalue weighted by molar-refractivity contribution is 0.104. The van der Waals surface area contributed by atoms with Gasteiger partial charge in [0.05, 0.1) is 18.2 Å². The molecule has 0 saturated heterocycles. The number of carbonyl (C=O) groups is 1. The number of nitrogens with zero attached hydrogens (tertiary/aromatic N) is 2. The molecule has 1 fully saturated rings. The number of hydrogen-bond acceptors (Lipinski definition) is 5. The summed E-state index contributed by atoms with van der Waals surface area (Å²) in [5, 5.41) is -0.295. The van der Waals surface area contributed by atoms with Gasteiger partial charge in [-0.25, -0.2) is 14.2 Å². The quantitative estimate of drug-likeness (QED) is 0.640. The van der Waals surface area contributed by atoms with Gasteiger partial charge < -0.3 is 14.0 Å². The van der Waals surface area contributed by atoms with Crippen LogP contribution in [0.5, 0.6) is 5.75 Å². The highest BCUT2D eigenvalue weighted by Crippen LogP contribution is 2.37. The van der Waals surface area contributed by atoms with Gasteiger partial charge in [0.25, 0.3) is 0 Å². The van der Waals surface area contributed by atoms with Crippen LogP contribution in [-0.2, 0) is 4.74 Å². The van der Waals surface area contributed by atoms with E-state index in [1.54, 1.807) is 11.5 Å². The van der Waals surface area contributed by atoms with Crippen molar-refractivity contribution in [1.82, 2.24) is 9.55 Å². The van der Waals surface area contributed by atoms with Crippen molar-refractivity contribution in [2.45, 2.75) is 25.8 Å². The minimum atomic E-state index is -0.983. The number of rotatable bonds is 3. The van der Waals surface area contributed by atoms with E-state index in [1.807, 2.05) is 0 Å². The first-order valence-electron chi connectivity index (χ1n) is 6.76.